The van der Waals surface area contributed by atoms with Gasteiger partial charge in [-0.2, -0.15) is 0 Å². The Bertz CT molecular complexity index is 881. The fourth-order valence-electron chi connectivity index (χ4n) is 3.53. The van der Waals surface area contributed by atoms with Gasteiger partial charge in [0, 0.05) is 44.1 Å². The predicted octanol–water partition coefficient (Wildman–Crippen LogP) is 0.385. The van der Waals surface area contributed by atoms with Crippen LogP contribution in [0.25, 0.3) is 10.9 Å². The van der Waals surface area contributed by atoms with Crippen LogP contribution >= 0.6 is 0 Å². The summed E-state index contributed by atoms with van der Waals surface area (Å²) in [7, 11) is 1.65. The van der Waals surface area contributed by atoms with E-state index in [0.717, 1.165) is 10.9 Å². The van der Waals surface area contributed by atoms with Gasteiger partial charge in [-0.1, -0.05) is 18.2 Å². The summed E-state index contributed by atoms with van der Waals surface area (Å²) >= 11 is 0. The number of rotatable bonds is 4. The quantitative estimate of drug-likeness (QED) is 0.774. The van der Waals surface area contributed by atoms with Crippen LogP contribution in [0, 0.1) is 0 Å². The fraction of sp³-hybridized carbons (Fsp3) is 0.421. The third-order valence-electron chi connectivity index (χ3n) is 4.89. The minimum absolute atomic E-state index is 0.0229. The second kappa shape index (κ2) is 7.69. The van der Waals surface area contributed by atoms with Crippen LogP contribution < -0.4 is 5.11 Å². The molecule has 3 rings (SSSR count). The van der Waals surface area contributed by atoms with Gasteiger partial charge >= 0.3 is 6.09 Å². The number of carbonyl (C=O) groups is 3. The number of ether oxygens (including phenoxy) is 1. The van der Waals surface area contributed by atoms with Crippen molar-refractivity contribution in [3.05, 3.63) is 35.5 Å². The highest BCUT2D eigenvalue weighted by molar-refractivity contribution is 6.00. The second-order valence-electron chi connectivity index (χ2n) is 6.43. The normalized spacial score (nSPS) is 14.4. The number of carbonyl (C=O) groups excluding carboxylic acids is 3. The number of benzene rings is 1. The highest BCUT2D eigenvalue weighted by Crippen LogP contribution is 2.26. The second-order valence-corrected chi connectivity index (χ2v) is 6.43. The molecule has 2 aromatic rings. The molecule has 1 aliphatic rings. The van der Waals surface area contributed by atoms with Crippen molar-refractivity contribution < 1.29 is 24.2 Å². The molecule has 0 atom stereocenters. The lowest BCUT2D eigenvalue weighted by molar-refractivity contribution is -0.255. The number of aromatic carboxylic acids is 1. The van der Waals surface area contributed by atoms with E-state index in [2.05, 4.69) is 0 Å². The number of carboxylic acids is 1. The third kappa shape index (κ3) is 3.60. The van der Waals surface area contributed by atoms with Crippen molar-refractivity contribution in [2.24, 2.45) is 7.05 Å². The largest absolute Gasteiger partial charge is 0.543 e. The summed E-state index contributed by atoms with van der Waals surface area (Å²) in [5.41, 5.74) is 1.23. The zero-order valence-electron chi connectivity index (χ0n) is 15.4. The third-order valence-corrected chi connectivity index (χ3v) is 4.89. The molecule has 0 N–H and O–H groups in total. The molecule has 0 aliphatic carbocycles. The minimum Gasteiger partial charge on any atom is -0.543 e. The molecule has 0 unspecified atom stereocenters. The fourth-order valence-corrected chi connectivity index (χ4v) is 3.53. The molecule has 1 aromatic heterocycles. The average Bonchev–Trinajstić information content (AvgIpc) is 2.94. The number of para-hydroxylation sites is 1. The minimum atomic E-state index is -1.30. The van der Waals surface area contributed by atoms with Gasteiger partial charge < -0.3 is 29.0 Å². The standard InChI is InChI=1S/C19H23N3O5/c1-3-27-19(26)22-10-8-21(9-11-22)16(23)12-14-13-6-4-5-7-15(13)20(2)17(14)18(24)25/h4-7H,3,8-12H2,1-2H3,(H,24,25)/p-1. The lowest BCUT2D eigenvalue weighted by atomic mass is 10.1. The van der Waals surface area contributed by atoms with Crippen molar-refractivity contribution >= 4 is 28.9 Å². The number of hydrogen-bond donors (Lipinski definition) is 0. The van der Waals surface area contributed by atoms with E-state index in [-0.39, 0.29) is 24.1 Å². The lowest BCUT2D eigenvalue weighted by Gasteiger charge is -2.34. The van der Waals surface area contributed by atoms with Crippen molar-refractivity contribution in [1.29, 1.82) is 0 Å². The van der Waals surface area contributed by atoms with Gasteiger partial charge in [-0.25, -0.2) is 4.79 Å². The molecule has 8 nitrogen and oxygen atoms in total. The first-order valence-electron chi connectivity index (χ1n) is 8.91. The van der Waals surface area contributed by atoms with E-state index in [0.29, 0.717) is 38.3 Å². The molecule has 0 saturated carbocycles. The molecule has 0 spiro atoms. The zero-order valence-corrected chi connectivity index (χ0v) is 15.4. The Morgan fingerprint density at radius 1 is 1.07 bits per heavy atom. The molecule has 2 amide bonds. The average molecular weight is 372 g/mol. The summed E-state index contributed by atoms with van der Waals surface area (Å²) < 4.78 is 6.52. The smallest absolute Gasteiger partial charge is 0.409 e. The molecule has 1 aromatic carbocycles. The van der Waals surface area contributed by atoms with Gasteiger partial charge in [-0.3, -0.25) is 4.79 Å². The first kappa shape index (κ1) is 18.8. The molecule has 0 radical (unpaired) electrons. The summed E-state index contributed by atoms with van der Waals surface area (Å²) in [6.07, 6.45) is -0.401. The highest BCUT2D eigenvalue weighted by atomic mass is 16.6. The number of nitrogens with zero attached hydrogens (tertiary/aromatic N) is 3. The van der Waals surface area contributed by atoms with E-state index in [1.807, 2.05) is 24.3 Å². The van der Waals surface area contributed by atoms with Crippen LogP contribution in [0.1, 0.15) is 23.0 Å². The Labute approximate surface area is 156 Å². The maximum absolute atomic E-state index is 12.8. The Morgan fingerprint density at radius 2 is 1.70 bits per heavy atom. The molecule has 1 fully saturated rings. The molecular weight excluding hydrogens is 350 g/mol. The number of carboxylic acid groups (broad SMARTS) is 1. The topological polar surface area (TPSA) is 94.9 Å². The van der Waals surface area contributed by atoms with Crippen LogP contribution in [0.5, 0.6) is 0 Å². The Hall–Kier alpha value is -3.03. The monoisotopic (exact) mass is 372 g/mol. The summed E-state index contributed by atoms with van der Waals surface area (Å²) in [5.74, 6) is -1.47. The number of aromatic nitrogens is 1. The van der Waals surface area contributed by atoms with Crippen LogP contribution in [0.4, 0.5) is 4.79 Å². The van der Waals surface area contributed by atoms with Crippen molar-refractivity contribution in [3.8, 4) is 0 Å². The number of piperazine rings is 1. The highest BCUT2D eigenvalue weighted by Gasteiger charge is 2.26. The first-order valence-corrected chi connectivity index (χ1v) is 8.91. The number of hydrogen-bond acceptors (Lipinski definition) is 5. The molecular formula is C19H22N3O5-. The zero-order chi connectivity index (χ0) is 19.6. The van der Waals surface area contributed by atoms with Crippen molar-refractivity contribution in [3.63, 3.8) is 0 Å². The first-order chi connectivity index (χ1) is 12.9. The van der Waals surface area contributed by atoms with Gasteiger partial charge in [0.05, 0.1) is 24.7 Å². The van der Waals surface area contributed by atoms with E-state index in [4.69, 9.17) is 4.74 Å². The molecule has 8 heteroatoms. The van der Waals surface area contributed by atoms with Crippen LogP contribution in [0.15, 0.2) is 24.3 Å². The van der Waals surface area contributed by atoms with Crippen molar-refractivity contribution in [2.75, 3.05) is 32.8 Å². The van der Waals surface area contributed by atoms with Crippen molar-refractivity contribution in [2.45, 2.75) is 13.3 Å². The van der Waals surface area contributed by atoms with Gasteiger partial charge in [-0.15, -0.1) is 0 Å². The lowest BCUT2D eigenvalue weighted by Crippen LogP contribution is -2.51. The van der Waals surface area contributed by atoms with Gasteiger partial charge in [-0.05, 0) is 18.6 Å². The van der Waals surface area contributed by atoms with E-state index in [1.165, 1.54) is 0 Å². The van der Waals surface area contributed by atoms with E-state index >= 15 is 0 Å². The van der Waals surface area contributed by atoms with E-state index in [9.17, 15) is 19.5 Å². The number of amides is 2. The number of aryl methyl sites for hydroxylation is 1. The Morgan fingerprint density at radius 3 is 2.33 bits per heavy atom. The predicted molar refractivity (Wildman–Crippen MR) is 96.1 cm³/mol. The van der Waals surface area contributed by atoms with E-state index in [1.54, 1.807) is 28.3 Å². The van der Waals surface area contributed by atoms with Crippen LogP contribution in [0.2, 0.25) is 0 Å². The van der Waals surface area contributed by atoms with Crippen LogP contribution in [-0.4, -0.2) is 65.1 Å². The van der Waals surface area contributed by atoms with Gasteiger partial charge in [0.1, 0.15) is 0 Å². The molecule has 27 heavy (non-hydrogen) atoms. The summed E-state index contributed by atoms with van der Waals surface area (Å²) in [6.45, 7) is 3.63. The summed E-state index contributed by atoms with van der Waals surface area (Å²) in [5, 5.41) is 12.4. The maximum atomic E-state index is 12.8. The molecule has 0 bridgehead atoms. The summed E-state index contributed by atoms with van der Waals surface area (Å²) in [4.78, 5) is 39.4. The maximum Gasteiger partial charge on any atom is 0.409 e. The summed E-state index contributed by atoms with van der Waals surface area (Å²) in [6, 6.07) is 7.26. The van der Waals surface area contributed by atoms with Crippen molar-refractivity contribution in [1.82, 2.24) is 14.4 Å². The van der Waals surface area contributed by atoms with Gasteiger partial charge in [0.15, 0.2) is 0 Å². The van der Waals surface area contributed by atoms with Crippen LogP contribution in [-0.2, 0) is 23.0 Å². The van der Waals surface area contributed by atoms with E-state index < -0.39 is 5.97 Å². The Balaban J connectivity index is 1.77. The molecule has 1 saturated heterocycles. The van der Waals surface area contributed by atoms with Gasteiger partial charge in [0.25, 0.3) is 0 Å². The van der Waals surface area contributed by atoms with Gasteiger partial charge in [0.2, 0.25) is 5.91 Å². The molecule has 2 heterocycles. The Kier molecular flexibility index (Phi) is 5.34. The number of fused-ring (bicyclic) bond motifs is 1. The molecule has 1 aliphatic heterocycles. The van der Waals surface area contributed by atoms with Crippen LogP contribution in [0.3, 0.4) is 0 Å². The molecule has 144 valence electrons. The SMILES string of the molecule is CCOC(=O)N1CCN(C(=O)Cc2c(C(=O)[O-])n(C)c3ccccc23)CC1.